The van der Waals surface area contributed by atoms with Crippen LogP contribution >= 0.6 is 22.9 Å². The molecule has 0 saturated heterocycles. The van der Waals surface area contributed by atoms with E-state index in [1.807, 2.05) is 19.1 Å². The number of aryl methyl sites for hydroxylation is 1. The third-order valence-corrected chi connectivity index (χ3v) is 4.54. The third kappa shape index (κ3) is 4.53. The number of carbonyl (C=O) groups excluding carboxylic acids is 1. The average Bonchev–Trinajstić information content (AvgIpc) is 2.94. The SMILES string of the molecule is Cc1sc(NC(=O)/C=C/c2cccc(Cl)c2)nc1-c1ccc(F)cc1. The smallest absolute Gasteiger partial charge is 0.250 e. The molecule has 1 amide bonds. The molecule has 126 valence electrons. The molecule has 0 aliphatic heterocycles. The van der Waals surface area contributed by atoms with Crippen molar-refractivity contribution in [3.8, 4) is 11.3 Å². The molecule has 0 saturated carbocycles. The summed E-state index contributed by atoms with van der Waals surface area (Å²) in [5.41, 5.74) is 2.38. The monoisotopic (exact) mass is 372 g/mol. The van der Waals surface area contributed by atoms with Crippen molar-refractivity contribution >= 4 is 40.1 Å². The van der Waals surface area contributed by atoms with Crippen molar-refractivity contribution in [2.75, 3.05) is 5.32 Å². The predicted octanol–water partition coefficient (Wildman–Crippen LogP) is 5.56. The zero-order valence-electron chi connectivity index (χ0n) is 13.3. The summed E-state index contributed by atoms with van der Waals surface area (Å²) in [5.74, 6) is -0.573. The van der Waals surface area contributed by atoms with Gasteiger partial charge in [-0.3, -0.25) is 10.1 Å². The van der Waals surface area contributed by atoms with Crippen molar-refractivity contribution in [3.05, 3.63) is 75.9 Å². The number of hydrogen-bond acceptors (Lipinski definition) is 3. The Morgan fingerprint density at radius 1 is 1.24 bits per heavy atom. The van der Waals surface area contributed by atoms with Gasteiger partial charge in [0, 0.05) is 21.5 Å². The van der Waals surface area contributed by atoms with E-state index in [-0.39, 0.29) is 11.7 Å². The van der Waals surface area contributed by atoms with Gasteiger partial charge in [0.05, 0.1) is 5.69 Å². The zero-order valence-corrected chi connectivity index (χ0v) is 14.9. The second-order valence-corrected chi connectivity index (χ2v) is 6.95. The number of nitrogens with zero attached hydrogens (tertiary/aromatic N) is 1. The van der Waals surface area contributed by atoms with Crippen LogP contribution in [-0.2, 0) is 4.79 Å². The average molecular weight is 373 g/mol. The van der Waals surface area contributed by atoms with E-state index in [0.29, 0.717) is 10.2 Å². The van der Waals surface area contributed by atoms with Crippen molar-refractivity contribution in [1.29, 1.82) is 0 Å². The Bertz CT molecular complexity index is 935. The van der Waals surface area contributed by atoms with Crippen LogP contribution in [0.1, 0.15) is 10.4 Å². The Morgan fingerprint density at radius 3 is 2.72 bits per heavy atom. The fourth-order valence-corrected chi connectivity index (χ4v) is 3.29. The van der Waals surface area contributed by atoms with Gasteiger partial charge in [0.25, 0.3) is 0 Å². The summed E-state index contributed by atoms with van der Waals surface area (Å²) in [4.78, 5) is 17.4. The Hall–Kier alpha value is -2.50. The van der Waals surface area contributed by atoms with Crippen molar-refractivity contribution < 1.29 is 9.18 Å². The van der Waals surface area contributed by atoms with Crippen LogP contribution in [0.15, 0.2) is 54.6 Å². The minimum atomic E-state index is -0.295. The standard InChI is InChI=1S/C19H14ClFN2OS/c1-12-18(14-6-8-16(21)9-7-14)23-19(25-12)22-17(24)10-5-13-3-2-4-15(20)11-13/h2-11H,1H3,(H,22,23,24)/b10-5+. The Morgan fingerprint density at radius 2 is 2.00 bits per heavy atom. The molecule has 0 spiro atoms. The van der Waals surface area contributed by atoms with Crippen molar-refractivity contribution in [3.63, 3.8) is 0 Å². The molecule has 3 nitrogen and oxygen atoms in total. The highest BCUT2D eigenvalue weighted by Gasteiger charge is 2.11. The molecule has 1 heterocycles. The van der Waals surface area contributed by atoms with Crippen LogP contribution in [0.25, 0.3) is 17.3 Å². The molecule has 25 heavy (non-hydrogen) atoms. The van der Waals surface area contributed by atoms with E-state index in [1.165, 1.54) is 29.5 Å². The van der Waals surface area contributed by atoms with Crippen LogP contribution in [-0.4, -0.2) is 10.9 Å². The molecule has 6 heteroatoms. The molecule has 3 aromatic rings. The van der Waals surface area contributed by atoms with Crippen molar-refractivity contribution in [2.45, 2.75) is 6.92 Å². The highest BCUT2D eigenvalue weighted by atomic mass is 35.5. The van der Waals surface area contributed by atoms with E-state index < -0.39 is 0 Å². The lowest BCUT2D eigenvalue weighted by atomic mass is 10.1. The van der Waals surface area contributed by atoms with Gasteiger partial charge >= 0.3 is 0 Å². The summed E-state index contributed by atoms with van der Waals surface area (Å²) >= 11 is 7.29. The van der Waals surface area contributed by atoms with Crippen LogP contribution < -0.4 is 5.32 Å². The highest BCUT2D eigenvalue weighted by Crippen LogP contribution is 2.30. The lowest BCUT2D eigenvalue weighted by Crippen LogP contribution is -2.07. The van der Waals surface area contributed by atoms with Crippen LogP contribution in [0.2, 0.25) is 5.02 Å². The van der Waals surface area contributed by atoms with E-state index >= 15 is 0 Å². The van der Waals surface area contributed by atoms with E-state index in [2.05, 4.69) is 10.3 Å². The molecule has 0 aliphatic rings. The van der Waals surface area contributed by atoms with Gasteiger partial charge in [-0.25, -0.2) is 9.37 Å². The van der Waals surface area contributed by atoms with Gasteiger partial charge in [-0.1, -0.05) is 23.7 Å². The number of anilines is 1. The number of nitrogens with one attached hydrogen (secondary N) is 1. The molecule has 1 aromatic heterocycles. The fourth-order valence-electron chi connectivity index (χ4n) is 2.25. The minimum Gasteiger partial charge on any atom is -0.298 e. The maximum atomic E-state index is 13.0. The number of benzene rings is 2. The van der Waals surface area contributed by atoms with E-state index in [9.17, 15) is 9.18 Å². The second-order valence-electron chi connectivity index (χ2n) is 5.31. The largest absolute Gasteiger partial charge is 0.298 e. The molecule has 0 unspecified atom stereocenters. The first-order chi connectivity index (χ1) is 12.0. The molecule has 2 aromatic carbocycles. The molecule has 0 fully saturated rings. The van der Waals surface area contributed by atoms with E-state index in [4.69, 9.17) is 11.6 Å². The number of rotatable bonds is 4. The van der Waals surface area contributed by atoms with Gasteiger partial charge in [0.2, 0.25) is 5.91 Å². The van der Waals surface area contributed by atoms with Gasteiger partial charge in [0.15, 0.2) is 5.13 Å². The van der Waals surface area contributed by atoms with Gasteiger partial charge in [0.1, 0.15) is 5.82 Å². The molecule has 0 atom stereocenters. The normalized spacial score (nSPS) is 11.0. The molecule has 0 radical (unpaired) electrons. The van der Waals surface area contributed by atoms with Gasteiger partial charge < -0.3 is 0 Å². The minimum absolute atomic E-state index is 0.278. The van der Waals surface area contributed by atoms with Crippen LogP contribution in [0.5, 0.6) is 0 Å². The Labute approximate surface area is 153 Å². The maximum Gasteiger partial charge on any atom is 0.250 e. The Kier molecular flexibility index (Phi) is 5.26. The first-order valence-electron chi connectivity index (χ1n) is 7.49. The molecule has 3 rings (SSSR count). The second kappa shape index (κ2) is 7.59. The predicted molar refractivity (Wildman–Crippen MR) is 101 cm³/mol. The maximum absolute atomic E-state index is 13.0. The number of carbonyl (C=O) groups is 1. The van der Waals surface area contributed by atoms with Gasteiger partial charge in [-0.15, -0.1) is 11.3 Å². The molecular formula is C19H14ClFN2OS. The molecule has 0 bridgehead atoms. The first-order valence-corrected chi connectivity index (χ1v) is 8.69. The number of amides is 1. The van der Waals surface area contributed by atoms with Gasteiger partial charge in [-0.05, 0) is 55.0 Å². The highest BCUT2D eigenvalue weighted by molar-refractivity contribution is 7.16. The van der Waals surface area contributed by atoms with Crippen molar-refractivity contribution in [1.82, 2.24) is 4.98 Å². The van der Waals surface area contributed by atoms with Crippen molar-refractivity contribution in [2.24, 2.45) is 0 Å². The van der Waals surface area contributed by atoms with Crippen LogP contribution in [0.4, 0.5) is 9.52 Å². The van der Waals surface area contributed by atoms with E-state index in [0.717, 1.165) is 21.7 Å². The lowest BCUT2D eigenvalue weighted by Gasteiger charge is -1.98. The summed E-state index contributed by atoms with van der Waals surface area (Å²) in [6, 6.07) is 13.3. The zero-order chi connectivity index (χ0) is 17.8. The Balaban J connectivity index is 1.72. The summed E-state index contributed by atoms with van der Waals surface area (Å²) in [6.45, 7) is 1.91. The number of halogens is 2. The lowest BCUT2D eigenvalue weighted by molar-refractivity contribution is -0.111. The van der Waals surface area contributed by atoms with Crippen LogP contribution in [0.3, 0.4) is 0 Å². The fraction of sp³-hybridized carbons (Fsp3) is 0.0526. The summed E-state index contributed by atoms with van der Waals surface area (Å²) in [7, 11) is 0. The van der Waals surface area contributed by atoms with Crippen LogP contribution in [0, 0.1) is 12.7 Å². The topological polar surface area (TPSA) is 42.0 Å². The quantitative estimate of drug-likeness (QED) is 0.609. The number of hydrogen-bond donors (Lipinski definition) is 1. The molecular weight excluding hydrogens is 359 g/mol. The molecule has 0 aliphatic carbocycles. The van der Waals surface area contributed by atoms with Gasteiger partial charge in [-0.2, -0.15) is 0 Å². The summed E-state index contributed by atoms with van der Waals surface area (Å²) < 4.78 is 13.0. The summed E-state index contributed by atoms with van der Waals surface area (Å²) in [5, 5.41) is 3.85. The third-order valence-electron chi connectivity index (χ3n) is 3.42. The first kappa shape index (κ1) is 17.3. The number of thiazole rings is 1. The number of aromatic nitrogens is 1. The van der Waals surface area contributed by atoms with E-state index in [1.54, 1.807) is 30.3 Å². The summed E-state index contributed by atoms with van der Waals surface area (Å²) in [6.07, 6.45) is 3.11. The molecule has 1 N–H and O–H groups in total.